The van der Waals surface area contributed by atoms with Gasteiger partial charge >= 0.3 is 0 Å². The Morgan fingerprint density at radius 3 is 3.00 bits per heavy atom. The molecule has 0 saturated heterocycles. The Morgan fingerprint density at radius 1 is 1.58 bits per heavy atom. The molecule has 1 aromatic heterocycles. The van der Waals surface area contributed by atoms with Gasteiger partial charge in [-0.3, -0.25) is 4.79 Å². The number of aromatic nitrogens is 2. The lowest BCUT2D eigenvalue weighted by Gasteiger charge is -1.88. The molecule has 0 saturated carbocycles. The summed E-state index contributed by atoms with van der Waals surface area (Å²) in [4.78, 5) is 10.6. The second-order valence-electron chi connectivity index (χ2n) is 2.23. The fourth-order valence-corrected chi connectivity index (χ4v) is 0.979. The topological polar surface area (TPSA) is 45.8 Å². The number of aromatic amines is 1. The van der Waals surface area contributed by atoms with Gasteiger partial charge in [0.2, 0.25) is 0 Å². The van der Waals surface area contributed by atoms with E-state index >= 15 is 0 Å². The van der Waals surface area contributed by atoms with Crippen molar-refractivity contribution in [3.8, 4) is 0 Å². The molecular formula is C8H9BrN2O. The van der Waals surface area contributed by atoms with E-state index < -0.39 is 0 Å². The first-order chi connectivity index (χ1) is 5.83. The second kappa shape index (κ2) is 4.87. The molecule has 1 N–H and O–H groups in total. The van der Waals surface area contributed by atoms with Gasteiger partial charge in [-0.05, 0) is 18.6 Å². The van der Waals surface area contributed by atoms with Crippen molar-refractivity contribution >= 4 is 22.0 Å². The van der Waals surface area contributed by atoms with Crippen molar-refractivity contribution in [3.63, 3.8) is 0 Å². The van der Waals surface area contributed by atoms with Crippen molar-refractivity contribution < 1.29 is 0 Å². The van der Waals surface area contributed by atoms with Gasteiger partial charge in [0, 0.05) is 11.4 Å². The van der Waals surface area contributed by atoms with Crippen LogP contribution >= 0.6 is 15.9 Å². The van der Waals surface area contributed by atoms with Crippen molar-refractivity contribution in [2.24, 2.45) is 0 Å². The molecule has 0 aliphatic rings. The van der Waals surface area contributed by atoms with Gasteiger partial charge < -0.3 is 0 Å². The Bertz CT molecular complexity index is 299. The minimum atomic E-state index is -0.173. The highest BCUT2D eigenvalue weighted by atomic mass is 79.9. The van der Waals surface area contributed by atoms with Crippen molar-refractivity contribution in [3.05, 3.63) is 34.3 Å². The molecule has 64 valence electrons. The van der Waals surface area contributed by atoms with Crippen LogP contribution < -0.4 is 5.56 Å². The molecule has 1 aromatic rings. The number of hydrogen-bond acceptors (Lipinski definition) is 2. The van der Waals surface area contributed by atoms with Crippen LogP contribution in [0.3, 0.4) is 0 Å². The van der Waals surface area contributed by atoms with Crippen molar-refractivity contribution in [1.82, 2.24) is 10.2 Å². The zero-order chi connectivity index (χ0) is 8.81. The summed E-state index contributed by atoms with van der Waals surface area (Å²) in [6, 6.07) is 3.14. The van der Waals surface area contributed by atoms with E-state index in [-0.39, 0.29) is 5.56 Å². The maximum absolute atomic E-state index is 10.6. The summed E-state index contributed by atoms with van der Waals surface area (Å²) in [6.07, 6.45) is 4.83. The van der Waals surface area contributed by atoms with Gasteiger partial charge in [-0.1, -0.05) is 22.0 Å². The normalized spacial score (nSPS) is 10.8. The fraction of sp³-hybridized carbons (Fsp3) is 0.250. The SMILES string of the molecule is O=c1ccc(C=CCCBr)n[nH]1. The molecular weight excluding hydrogens is 220 g/mol. The highest BCUT2D eigenvalue weighted by Gasteiger charge is 1.86. The zero-order valence-electron chi connectivity index (χ0n) is 6.46. The Morgan fingerprint density at radius 2 is 2.42 bits per heavy atom. The molecule has 0 unspecified atom stereocenters. The largest absolute Gasteiger partial charge is 0.268 e. The van der Waals surface area contributed by atoms with Gasteiger partial charge in [0.05, 0.1) is 5.69 Å². The maximum Gasteiger partial charge on any atom is 0.264 e. The number of nitrogens with one attached hydrogen (secondary N) is 1. The molecule has 0 spiro atoms. The number of alkyl halides is 1. The van der Waals surface area contributed by atoms with Crippen LogP contribution in [0.25, 0.3) is 6.08 Å². The number of nitrogens with zero attached hydrogens (tertiary/aromatic N) is 1. The highest BCUT2D eigenvalue weighted by molar-refractivity contribution is 9.09. The third-order valence-corrected chi connectivity index (χ3v) is 1.72. The van der Waals surface area contributed by atoms with E-state index in [1.54, 1.807) is 6.07 Å². The third kappa shape index (κ3) is 3.00. The summed E-state index contributed by atoms with van der Waals surface area (Å²) in [7, 11) is 0. The molecule has 0 aromatic carbocycles. The first-order valence-electron chi connectivity index (χ1n) is 3.61. The standard InChI is InChI=1S/C8H9BrN2O/c9-6-2-1-3-7-4-5-8(12)11-10-7/h1,3-5H,2,6H2,(H,11,12). The Balaban J connectivity index is 2.64. The molecule has 0 bridgehead atoms. The molecule has 0 amide bonds. The highest BCUT2D eigenvalue weighted by Crippen LogP contribution is 1.96. The lowest BCUT2D eigenvalue weighted by atomic mass is 10.3. The number of allylic oxidation sites excluding steroid dienone is 1. The van der Waals surface area contributed by atoms with Gasteiger partial charge in [-0.25, -0.2) is 5.10 Å². The van der Waals surface area contributed by atoms with E-state index in [0.717, 1.165) is 17.4 Å². The van der Waals surface area contributed by atoms with Crippen LogP contribution in [0.15, 0.2) is 23.0 Å². The lowest BCUT2D eigenvalue weighted by molar-refractivity contribution is 0.976. The van der Waals surface area contributed by atoms with Gasteiger partial charge in [-0.15, -0.1) is 0 Å². The summed E-state index contributed by atoms with van der Waals surface area (Å²) >= 11 is 3.31. The quantitative estimate of drug-likeness (QED) is 0.799. The first-order valence-corrected chi connectivity index (χ1v) is 4.73. The minimum absolute atomic E-state index is 0.173. The van der Waals surface area contributed by atoms with Gasteiger partial charge in [0.1, 0.15) is 0 Å². The molecule has 0 fully saturated rings. The molecule has 0 atom stereocenters. The van der Waals surface area contributed by atoms with Crippen LogP contribution in [0, 0.1) is 0 Å². The average molecular weight is 229 g/mol. The van der Waals surface area contributed by atoms with Crippen LogP contribution in [-0.2, 0) is 0 Å². The van der Waals surface area contributed by atoms with Crippen LogP contribution in [-0.4, -0.2) is 15.5 Å². The van der Waals surface area contributed by atoms with Crippen molar-refractivity contribution in [2.45, 2.75) is 6.42 Å². The molecule has 0 aliphatic heterocycles. The third-order valence-electron chi connectivity index (χ3n) is 1.27. The van der Waals surface area contributed by atoms with Gasteiger partial charge in [0.15, 0.2) is 0 Å². The van der Waals surface area contributed by atoms with E-state index in [1.165, 1.54) is 6.07 Å². The van der Waals surface area contributed by atoms with Crippen LogP contribution in [0.4, 0.5) is 0 Å². The molecule has 4 heteroatoms. The fourth-order valence-electron chi connectivity index (χ4n) is 0.715. The predicted molar refractivity (Wildman–Crippen MR) is 52.3 cm³/mol. The van der Waals surface area contributed by atoms with Gasteiger partial charge in [0.25, 0.3) is 5.56 Å². The number of H-pyrrole nitrogens is 1. The number of rotatable bonds is 3. The van der Waals surface area contributed by atoms with E-state index in [1.807, 2.05) is 12.2 Å². The molecule has 0 radical (unpaired) electrons. The maximum atomic E-state index is 10.6. The number of halogens is 1. The molecule has 1 heterocycles. The minimum Gasteiger partial charge on any atom is -0.268 e. The van der Waals surface area contributed by atoms with Crippen LogP contribution in [0.5, 0.6) is 0 Å². The van der Waals surface area contributed by atoms with E-state index in [2.05, 4.69) is 26.1 Å². The van der Waals surface area contributed by atoms with Crippen molar-refractivity contribution in [1.29, 1.82) is 0 Å². The van der Waals surface area contributed by atoms with E-state index in [9.17, 15) is 4.79 Å². The number of hydrogen-bond donors (Lipinski definition) is 1. The monoisotopic (exact) mass is 228 g/mol. The summed E-state index contributed by atoms with van der Waals surface area (Å²) in [5.41, 5.74) is 0.600. The molecule has 3 nitrogen and oxygen atoms in total. The van der Waals surface area contributed by atoms with Crippen LogP contribution in [0.1, 0.15) is 12.1 Å². The molecule has 12 heavy (non-hydrogen) atoms. The smallest absolute Gasteiger partial charge is 0.264 e. The second-order valence-corrected chi connectivity index (χ2v) is 3.02. The Kier molecular flexibility index (Phi) is 3.73. The summed E-state index contributed by atoms with van der Waals surface area (Å²) in [6.45, 7) is 0. The van der Waals surface area contributed by atoms with Gasteiger partial charge in [-0.2, -0.15) is 5.10 Å². The molecule has 0 aliphatic carbocycles. The summed E-state index contributed by atoms with van der Waals surface area (Å²) < 4.78 is 0. The van der Waals surface area contributed by atoms with Crippen molar-refractivity contribution in [2.75, 3.05) is 5.33 Å². The predicted octanol–water partition coefficient (Wildman–Crippen LogP) is 1.57. The Hall–Kier alpha value is -0.900. The summed E-state index contributed by atoms with van der Waals surface area (Å²) in [5, 5.41) is 7.11. The van der Waals surface area contributed by atoms with E-state index in [0.29, 0.717) is 0 Å². The average Bonchev–Trinajstić information content (AvgIpc) is 2.09. The zero-order valence-corrected chi connectivity index (χ0v) is 8.04. The molecule has 1 rings (SSSR count). The lowest BCUT2D eigenvalue weighted by Crippen LogP contribution is -2.05. The Labute approximate surface area is 78.6 Å². The summed E-state index contributed by atoms with van der Waals surface area (Å²) in [5.74, 6) is 0. The first kappa shape index (κ1) is 9.19. The van der Waals surface area contributed by atoms with Crippen LogP contribution in [0.2, 0.25) is 0 Å². The van der Waals surface area contributed by atoms with E-state index in [4.69, 9.17) is 0 Å².